The van der Waals surface area contributed by atoms with Crippen molar-refractivity contribution in [2.45, 2.75) is 25.7 Å². The van der Waals surface area contributed by atoms with Gasteiger partial charge in [0.2, 0.25) is 5.96 Å². The lowest BCUT2D eigenvalue weighted by Crippen LogP contribution is -2.32. The zero-order valence-electron chi connectivity index (χ0n) is 13.5. The van der Waals surface area contributed by atoms with Crippen LogP contribution in [-0.2, 0) is 6.42 Å². The second kappa shape index (κ2) is 7.68. The number of guanidine groups is 1. The monoisotopic (exact) mass is 366 g/mol. The van der Waals surface area contributed by atoms with E-state index in [1.54, 1.807) is 7.05 Å². The highest BCUT2D eigenvalue weighted by atomic mass is 35.5. The van der Waals surface area contributed by atoms with Crippen LogP contribution in [0.25, 0.3) is 0 Å². The molecule has 1 heterocycles. The van der Waals surface area contributed by atoms with Gasteiger partial charge in [-0.25, -0.2) is 5.43 Å². The van der Waals surface area contributed by atoms with E-state index in [4.69, 9.17) is 17.0 Å². The van der Waals surface area contributed by atoms with Crippen molar-refractivity contribution in [3.8, 4) is 0 Å². The number of halogens is 2. The van der Waals surface area contributed by atoms with E-state index < -0.39 is 0 Å². The zero-order chi connectivity index (χ0) is 16.4. The van der Waals surface area contributed by atoms with Crippen molar-refractivity contribution >= 4 is 35.7 Å². The first-order chi connectivity index (χ1) is 11.1. The maximum atomic E-state index is 7.63. The van der Waals surface area contributed by atoms with Crippen molar-refractivity contribution in [1.82, 2.24) is 20.9 Å². The molecular weight excluding hydrogens is 347 g/mol. The van der Waals surface area contributed by atoms with Crippen molar-refractivity contribution in [1.29, 1.82) is 5.41 Å². The number of hydrazone groups is 1. The molecule has 1 aromatic heterocycles. The minimum absolute atomic E-state index is 0. The van der Waals surface area contributed by atoms with Gasteiger partial charge in [0.15, 0.2) is 0 Å². The Bertz CT molecular complexity index is 768. The molecule has 6 nitrogen and oxygen atoms in total. The molecule has 8 heteroatoms. The van der Waals surface area contributed by atoms with Crippen LogP contribution in [0.5, 0.6) is 0 Å². The first kappa shape index (κ1) is 18.3. The molecule has 0 fully saturated rings. The molecule has 0 amide bonds. The van der Waals surface area contributed by atoms with Crippen LogP contribution in [0.15, 0.2) is 29.4 Å². The number of hydrogen-bond donors (Lipinski definition) is 4. The SMILES string of the molecule is CNC(=N)NN=C1CC(c2ccccc2Cl)Cc2[nH]nc(C)c21.Cl. The highest BCUT2D eigenvalue weighted by molar-refractivity contribution is 6.31. The van der Waals surface area contributed by atoms with Gasteiger partial charge in [0.1, 0.15) is 0 Å². The predicted octanol–water partition coefficient (Wildman–Crippen LogP) is 2.97. The fourth-order valence-corrected chi connectivity index (χ4v) is 3.26. The minimum Gasteiger partial charge on any atom is -0.358 e. The number of nitrogens with one attached hydrogen (secondary N) is 4. The molecular formula is C16H20Cl2N6. The van der Waals surface area contributed by atoms with Crippen LogP contribution in [0.4, 0.5) is 0 Å². The van der Waals surface area contributed by atoms with Gasteiger partial charge >= 0.3 is 0 Å². The predicted molar refractivity (Wildman–Crippen MR) is 99.5 cm³/mol. The Morgan fingerprint density at radius 1 is 1.38 bits per heavy atom. The van der Waals surface area contributed by atoms with Crippen molar-refractivity contribution in [2.24, 2.45) is 5.10 Å². The summed E-state index contributed by atoms with van der Waals surface area (Å²) in [6.07, 6.45) is 1.60. The van der Waals surface area contributed by atoms with E-state index >= 15 is 0 Å². The van der Waals surface area contributed by atoms with Gasteiger partial charge in [-0.1, -0.05) is 29.8 Å². The maximum Gasteiger partial charge on any atom is 0.208 e. The molecule has 1 unspecified atom stereocenters. The molecule has 1 aliphatic carbocycles. The topological polar surface area (TPSA) is 89.0 Å². The number of H-pyrrole nitrogens is 1. The van der Waals surface area contributed by atoms with Gasteiger partial charge in [0, 0.05) is 23.3 Å². The van der Waals surface area contributed by atoms with Crippen molar-refractivity contribution < 1.29 is 0 Å². The van der Waals surface area contributed by atoms with Gasteiger partial charge in [-0.15, -0.1) is 12.4 Å². The minimum atomic E-state index is 0. The molecule has 2 aromatic rings. The number of aromatic amines is 1. The standard InChI is InChI=1S/C16H19ClN6.ClH/c1-9-15-13(21-20-9)7-10(11-5-3-4-6-12(11)17)8-14(15)22-23-16(18)19-2;/h3-6,10H,7-8H2,1-2H3,(H,20,21)(H3,18,19,23);1H. The summed E-state index contributed by atoms with van der Waals surface area (Å²) in [6.45, 7) is 1.96. The average Bonchev–Trinajstić information content (AvgIpc) is 2.94. The zero-order valence-corrected chi connectivity index (χ0v) is 15.1. The summed E-state index contributed by atoms with van der Waals surface area (Å²) in [6, 6.07) is 7.91. The molecule has 0 spiro atoms. The molecule has 0 bridgehead atoms. The van der Waals surface area contributed by atoms with Crippen LogP contribution < -0.4 is 10.7 Å². The lowest BCUT2D eigenvalue weighted by molar-refractivity contribution is 0.677. The smallest absolute Gasteiger partial charge is 0.208 e. The Labute approximate surface area is 152 Å². The van der Waals surface area contributed by atoms with Gasteiger partial charge in [-0.3, -0.25) is 10.5 Å². The number of aromatic nitrogens is 2. The fourth-order valence-electron chi connectivity index (χ4n) is 2.97. The fraction of sp³-hybridized carbons (Fsp3) is 0.312. The molecule has 128 valence electrons. The molecule has 0 aliphatic heterocycles. The maximum absolute atomic E-state index is 7.63. The van der Waals surface area contributed by atoms with Crippen LogP contribution in [-0.4, -0.2) is 28.9 Å². The number of rotatable bonds is 2. The van der Waals surface area contributed by atoms with E-state index in [0.717, 1.165) is 46.1 Å². The van der Waals surface area contributed by atoms with Gasteiger partial charge in [0.05, 0.1) is 11.4 Å². The summed E-state index contributed by atoms with van der Waals surface area (Å²) in [5, 5.41) is 22.9. The highest BCUT2D eigenvalue weighted by Crippen LogP contribution is 2.36. The number of hydrogen-bond acceptors (Lipinski definition) is 3. The summed E-state index contributed by atoms with van der Waals surface area (Å²) >= 11 is 6.36. The summed E-state index contributed by atoms with van der Waals surface area (Å²) in [5.74, 6) is 0.389. The second-order valence-corrected chi connectivity index (χ2v) is 5.99. The molecule has 24 heavy (non-hydrogen) atoms. The summed E-state index contributed by atoms with van der Waals surface area (Å²) in [4.78, 5) is 0. The number of nitrogens with zero attached hydrogens (tertiary/aromatic N) is 2. The van der Waals surface area contributed by atoms with E-state index in [9.17, 15) is 0 Å². The van der Waals surface area contributed by atoms with Crippen LogP contribution in [0.2, 0.25) is 5.02 Å². The van der Waals surface area contributed by atoms with Crippen molar-refractivity contribution in [3.05, 3.63) is 51.8 Å². The molecule has 0 radical (unpaired) electrons. The summed E-state index contributed by atoms with van der Waals surface area (Å²) < 4.78 is 0. The number of fused-ring (bicyclic) bond motifs is 1. The average molecular weight is 367 g/mol. The van der Waals surface area contributed by atoms with E-state index in [1.165, 1.54) is 0 Å². The first-order valence-electron chi connectivity index (χ1n) is 7.47. The van der Waals surface area contributed by atoms with Crippen molar-refractivity contribution in [3.63, 3.8) is 0 Å². The Kier molecular flexibility index (Phi) is 5.85. The van der Waals surface area contributed by atoms with E-state index in [2.05, 4.69) is 32.1 Å². The molecule has 4 N–H and O–H groups in total. The Hall–Kier alpha value is -2.05. The van der Waals surface area contributed by atoms with Crippen LogP contribution in [0.3, 0.4) is 0 Å². The molecule has 1 aliphatic rings. The molecule has 1 aromatic carbocycles. The van der Waals surface area contributed by atoms with Gasteiger partial charge in [0.25, 0.3) is 0 Å². The quantitative estimate of drug-likeness (QED) is 0.374. The summed E-state index contributed by atoms with van der Waals surface area (Å²) in [7, 11) is 1.68. The van der Waals surface area contributed by atoms with E-state index in [-0.39, 0.29) is 24.3 Å². The third-order valence-corrected chi connectivity index (χ3v) is 4.44. The van der Waals surface area contributed by atoms with E-state index in [1.807, 2.05) is 25.1 Å². The molecule has 1 atom stereocenters. The second-order valence-electron chi connectivity index (χ2n) is 5.58. The normalized spacial score (nSPS) is 17.8. The first-order valence-corrected chi connectivity index (χ1v) is 7.85. The van der Waals surface area contributed by atoms with Crippen molar-refractivity contribution in [2.75, 3.05) is 7.05 Å². The van der Waals surface area contributed by atoms with Gasteiger partial charge < -0.3 is 5.32 Å². The van der Waals surface area contributed by atoms with Gasteiger partial charge in [-0.05, 0) is 37.3 Å². The Morgan fingerprint density at radius 3 is 2.83 bits per heavy atom. The molecule has 0 saturated heterocycles. The highest BCUT2D eigenvalue weighted by Gasteiger charge is 2.29. The van der Waals surface area contributed by atoms with Crippen LogP contribution in [0, 0.1) is 12.3 Å². The number of benzene rings is 1. The largest absolute Gasteiger partial charge is 0.358 e. The third-order valence-electron chi connectivity index (χ3n) is 4.10. The lowest BCUT2D eigenvalue weighted by Gasteiger charge is -2.24. The third kappa shape index (κ3) is 3.55. The number of aryl methyl sites for hydroxylation is 1. The van der Waals surface area contributed by atoms with Crippen LogP contribution >= 0.6 is 24.0 Å². The van der Waals surface area contributed by atoms with Crippen LogP contribution in [0.1, 0.15) is 34.9 Å². The summed E-state index contributed by atoms with van der Waals surface area (Å²) in [5.41, 5.74) is 7.77. The Morgan fingerprint density at radius 2 is 2.12 bits per heavy atom. The van der Waals surface area contributed by atoms with E-state index in [0.29, 0.717) is 0 Å². The molecule has 3 rings (SSSR count). The van der Waals surface area contributed by atoms with Gasteiger partial charge in [-0.2, -0.15) is 10.2 Å². The Balaban J connectivity index is 0.00000208. The lowest BCUT2D eigenvalue weighted by atomic mass is 9.81. The molecule has 0 saturated carbocycles.